The van der Waals surface area contributed by atoms with E-state index >= 15 is 0 Å². The third kappa shape index (κ3) is 4.08. The van der Waals surface area contributed by atoms with Crippen LogP contribution in [0.4, 0.5) is 5.69 Å². The van der Waals surface area contributed by atoms with Gasteiger partial charge < -0.3 is 15.6 Å². The first-order valence-corrected chi connectivity index (χ1v) is 6.75. The average Bonchev–Trinajstić information content (AvgIpc) is 2.98. The highest BCUT2D eigenvalue weighted by atomic mass is 16.1. The van der Waals surface area contributed by atoms with E-state index < -0.39 is 0 Å². The smallest absolute Gasteiger partial charge is 0.269 e. The van der Waals surface area contributed by atoms with E-state index in [1.54, 1.807) is 24.8 Å². The van der Waals surface area contributed by atoms with Crippen molar-refractivity contribution in [2.24, 2.45) is 0 Å². The van der Waals surface area contributed by atoms with E-state index in [9.17, 15) is 4.79 Å². The first-order valence-electron chi connectivity index (χ1n) is 6.75. The summed E-state index contributed by atoms with van der Waals surface area (Å²) in [7, 11) is 0. The summed E-state index contributed by atoms with van der Waals surface area (Å²) in [4.78, 5) is 23.0. The lowest BCUT2D eigenvalue weighted by molar-refractivity contribution is 0.0949. The molecule has 6 nitrogen and oxygen atoms in total. The van der Waals surface area contributed by atoms with Crippen LogP contribution >= 0.6 is 0 Å². The van der Waals surface area contributed by atoms with Gasteiger partial charge in [0.25, 0.3) is 5.91 Å². The van der Waals surface area contributed by atoms with Crippen LogP contribution in [-0.4, -0.2) is 33.9 Å². The average molecular weight is 273 g/mol. The fraction of sp³-hybridized carbons (Fsp3) is 0.357. The number of pyridine rings is 1. The minimum atomic E-state index is -0.162. The van der Waals surface area contributed by atoms with Gasteiger partial charge in [-0.05, 0) is 18.6 Å². The van der Waals surface area contributed by atoms with Gasteiger partial charge in [-0.3, -0.25) is 9.78 Å². The largest absolute Gasteiger partial charge is 0.385 e. The van der Waals surface area contributed by atoms with Crippen LogP contribution in [0.3, 0.4) is 0 Å². The van der Waals surface area contributed by atoms with Crippen molar-refractivity contribution in [1.82, 2.24) is 20.3 Å². The molecule has 106 valence electrons. The minimum absolute atomic E-state index is 0.162. The zero-order chi connectivity index (χ0) is 14.2. The zero-order valence-electron chi connectivity index (χ0n) is 11.5. The Labute approximate surface area is 118 Å². The van der Waals surface area contributed by atoms with Gasteiger partial charge in [-0.1, -0.05) is 6.92 Å². The topological polar surface area (TPSA) is 82.7 Å². The molecule has 0 unspecified atom stereocenters. The fourth-order valence-corrected chi connectivity index (χ4v) is 1.76. The van der Waals surface area contributed by atoms with Crippen LogP contribution in [0.2, 0.25) is 0 Å². The minimum Gasteiger partial charge on any atom is -0.385 e. The monoisotopic (exact) mass is 273 g/mol. The lowest BCUT2D eigenvalue weighted by Gasteiger charge is -2.07. The van der Waals surface area contributed by atoms with Crippen molar-refractivity contribution in [1.29, 1.82) is 0 Å². The van der Waals surface area contributed by atoms with Gasteiger partial charge in [0.2, 0.25) is 0 Å². The van der Waals surface area contributed by atoms with E-state index in [-0.39, 0.29) is 5.91 Å². The Balaban J connectivity index is 1.85. The number of nitrogens with zero attached hydrogens (tertiary/aromatic N) is 2. The van der Waals surface area contributed by atoms with Crippen molar-refractivity contribution >= 4 is 11.6 Å². The van der Waals surface area contributed by atoms with Crippen LogP contribution in [0.1, 0.15) is 29.5 Å². The summed E-state index contributed by atoms with van der Waals surface area (Å²) >= 11 is 0. The number of hydrogen-bond donors (Lipinski definition) is 3. The van der Waals surface area contributed by atoms with E-state index in [0.717, 1.165) is 30.8 Å². The molecule has 0 aliphatic heterocycles. The Bertz CT molecular complexity index is 538. The summed E-state index contributed by atoms with van der Waals surface area (Å²) in [5, 5.41) is 6.08. The molecule has 0 saturated carbocycles. The van der Waals surface area contributed by atoms with Gasteiger partial charge in [0.15, 0.2) is 0 Å². The lowest BCUT2D eigenvalue weighted by atomic mass is 10.2. The lowest BCUT2D eigenvalue weighted by Crippen LogP contribution is -2.26. The number of hydrogen-bond acceptors (Lipinski definition) is 4. The zero-order valence-corrected chi connectivity index (χ0v) is 11.5. The second-order valence-electron chi connectivity index (χ2n) is 4.44. The summed E-state index contributed by atoms with van der Waals surface area (Å²) in [5.41, 5.74) is 2.34. The second-order valence-corrected chi connectivity index (χ2v) is 4.44. The predicted octanol–water partition coefficient (Wildman–Crippen LogP) is 1.60. The van der Waals surface area contributed by atoms with E-state index in [1.807, 2.05) is 6.07 Å². The molecule has 0 aliphatic rings. The Morgan fingerprint density at radius 2 is 2.30 bits per heavy atom. The second kappa shape index (κ2) is 7.28. The Kier molecular flexibility index (Phi) is 5.11. The van der Waals surface area contributed by atoms with Gasteiger partial charge in [-0.25, -0.2) is 4.98 Å². The molecule has 2 aromatic rings. The molecule has 1 amide bonds. The van der Waals surface area contributed by atoms with Crippen molar-refractivity contribution in [2.75, 3.05) is 18.4 Å². The number of carbonyl (C=O) groups is 1. The number of carbonyl (C=O) groups excluding carboxylic acids is 1. The molecule has 2 aromatic heterocycles. The van der Waals surface area contributed by atoms with E-state index in [4.69, 9.17) is 0 Å². The van der Waals surface area contributed by atoms with Gasteiger partial charge >= 0.3 is 0 Å². The summed E-state index contributed by atoms with van der Waals surface area (Å²) in [6.45, 7) is 3.53. The highest BCUT2D eigenvalue weighted by Crippen LogP contribution is 2.07. The van der Waals surface area contributed by atoms with E-state index in [1.165, 1.54) is 0 Å². The number of anilines is 1. The van der Waals surface area contributed by atoms with Crippen LogP contribution in [0.25, 0.3) is 0 Å². The van der Waals surface area contributed by atoms with Crippen molar-refractivity contribution in [3.63, 3.8) is 0 Å². The molecule has 20 heavy (non-hydrogen) atoms. The maximum Gasteiger partial charge on any atom is 0.269 e. The molecule has 0 aliphatic carbocycles. The highest BCUT2D eigenvalue weighted by molar-refractivity contribution is 5.93. The van der Waals surface area contributed by atoms with Crippen LogP contribution in [0, 0.1) is 0 Å². The van der Waals surface area contributed by atoms with Gasteiger partial charge in [-0.2, -0.15) is 0 Å². The van der Waals surface area contributed by atoms with Crippen molar-refractivity contribution in [2.45, 2.75) is 19.8 Å². The SMILES string of the molecule is CCCNc1ccnc(C(=O)NCCc2cnc[nH]2)c1. The van der Waals surface area contributed by atoms with Crippen molar-refractivity contribution in [3.05, 3.63) is 42.2 Å². The van der Waals surface area contributed by atoms with E-state index in [0.29, 0.717) is 12.2 Å². The molecule has 0 fully saturated rings. The van der Waals surface area contributed by atoms with Gasteiger partial charge in [0.05, 0.1) is 6.33 Å². The van der Waals surface area contributed by atoms with Gasteiger partial charge in [0, 0.05) is 43.3 Å². The maximum atomic E-state index is 12.0. The third-order valence-corrected chi connectivity index (χ3v) is 2.81. The summed E-state index contributed by atoms with van der Waals surface area (Å²) in [6.07, 6.45) is 6.77. The van der Waals surface area contributed by atoms with Crippen LogP contribution < -0.4 is 10.6 Å². The molecule has 0 atom stereocenters. The van der Waals surface area contributed by atoms with Gasteiger partial charge in [0.1, 0.15) is 5.69 Å². The molecular weight excluding hydrogens is 254 g/mol. The third-order valence-electron chi connectivity index (χ3n) is 2.81. The molecule has 0 radical (unpaired) electrons. The van der Waals surface area contributed by atoms with Crippen molar-refractivity contribution in [3.8, 4) is 0 Å². The molecule has 6 heteroatoms. The highest BCUT2D eigenvalue weighted by Gasteiger charge is 2.07. The number of nitrogens with one attached hydrogen (secondary N) is 3. The van der Waals surface area contributed by atoms with E-state index in [2.05, 4.69) is 32.5 Å². The van der Waals surface area contributed by atoms with Crippen LogP contribution in [-0.2, 0) is 6.42 Å². The quantitative estimate of drug-likeness (QED) is 0.715. The summed E-state index contributed by atoms with van der Waals surface area (Å²) < 4.78 is 0. The molecule has 0 aromatic carbocycles. The normalized spacial score (nSPS) is 10.2. The first kappa shape index (κ1) is 14.0. The molecule has 3 N–H and O–H groups in total. The van der Waals surface area contributed by atoms with Crippen LogP contribution in [0.15, 0.2) is 30.9 Å². The number of rotatable bonds is 7. The standard InChI is InChI=1S/C14H19N5O/c1-2-5-16-11-3-6-17-13(8-11)14(20)18-7-4-12-9-15-10-19-12/h3,6,8-10H,2,4-5,7H2,1H3,(H,15,19)(H,16,17)(H,18,20). The molecular formula is C14H19N5O. The first-order chi connectivity index (χ1) is 9.79. The maximum absolute atomic E-state index is 12.0. The number of amides is 1. The molecule has 0 spiro atoms. The summed E-state index contributed by atoms with van der Waals surface area (Å²) in [5.74, 6) is -0.162. The number of imidazole rings is 1. The fourth-order valence-electron chi connectivity index (χ4n) is 1.76. The van der Waals surface area contributed by atoms with Crippen molar-refractivity contribution < 1.29 is 4.79 Å². The number of H-pyrrole nitrogens is 1. The Morgan fingerprint density at radius 1 is 1.40 bits per heavy atom. The Morgan fingerprint density at radius 3 is 3.05 bits per heavy atom. The molecule has 0 bridgehead atoms. The predicted molar refractivity (Wildman–Crippen MR) is 77.6 cm³/mol. The van der Waals surface area contributed by atoms with Gasteiger partial charge in [-0.15, -0.1) is 0 Å². The molecule has 0 saturated heterocycles. The number of aromatic nitrogens is 3. The molecule has 2 heterocycles. The summed E-state index contributed by atoms with van der Waals surface area (Å²) in [6, 6.07) is 3.62. The molecule has 2 rings (SSSR count). The Hall–Kier alpha value is -2.37. The number of aromatic amines is 1. The van der Waals surface area contributed by atoms with Crippen LogP contribution in [0.5, 0.6) is 0 Å².